The molecule has 0 aromatic heterocycles. The van der Waals surface area contributed by atoms with E-state index in [0.29, 0.717) is 11.5 Å². The summed E-state index contributed by atoms with van der Waals surface area (Å²) in [6.07, 6.45) is 2.68. The summed E-state index contributed by atoms with van der Waals surface area (Å²) in [5.41, 5.74) is 3.04. The quantitative estimate of drug-likeness (QED) is 0.419. The standard InChI is InChI=1S/C30H36NO/c1-22-18-31(19-25-14-9-13-24-12-7-8-15-26(24)25)21-29(2,28-17-16-27(22)30(28,31)3)32-20-23-10-5-4-6-11-23/h4-15,22,27-28H,16-21H2,1-3H3/q+1/t22-,27+,28-,29-,30-,31-/m1/s1. The average molecular weight is 427 g/mol. The van der Waals surface area contributed by atoms with Crippen molar-refractivity contribution in [3.8, 4) is 0 Å². The molecule has 1 aliphatic carbocycles. The second-order valence-corrected chi connectivity index (χ2v) is 11.3. The first-order valence-corrected chi connectivity index (χ1v) is 12.5. The molecule has 6 rings (SSSR count). The fourth-order valence-electron chi connectivity index (χ4n) is 8.49. The van der Waals surface area contributed by atoms with Crippen molar-refractivity contribution in [2.24, 2.45) is 17.8 Å². The van der Waals surface area contributed by atoms with Gasteiger partial charge in [-0.1, -0.05) is 79.7 Å². The molecule has 2 aliphatic heterocycles. The first-order chi connectivity index (χ1) is 15.5. The summed E-state index contributed by atoms with van der Waals surface area (Å²) < 4.78 is 8.08. The zero-order chi connectivity index (χ0) is 22.0. The Kier molecular flexibility index (Phi) is 4.58. The van der Waals surface area contributed by atoms with Crippen LogP contribution in [0.3, 0.4) is 0 Å². The molecule has 3 fully saturated rings. The lowest BCUT2D eigenvalue weighted by molar-refractivity contribution is -0.967. The number of fused-ring (bicyclic) bond motifs is 1. The predicted molar refractivity (Wildman–Crippen MR) is 131 cm³/mol. The molecule has 3 aromatic carbocycles. The molecule has 2 nitrogen and oxygen atoms in total. The maximum Gasteiger partial charge on any atom is 0.123 e. The molecule has 0 spiro atoms. The molecule has 0 radical (unpaired) electrons. The summed E-state index contributed by atoms with van der Waals surface area (Å²) >= 11 is 0. The van der Waals surface area contributed by atoms with Gasteiger partial charge in [-0.3, -0.25) is 0 Å². The van der Waals surface area contributed by atoms with E-state index in [0.717, 1.165) is 31.5 Å². The molecule has 3 aliphatic rings. The first kappa shape index (κ1) is 20.4. The molecule has 0 N–H and O–H groups in total. The van der Waals surface area contributed by atoms with Crippen LogP contribution in [0.15, 0.2) is 72.8 Å². The third-order valence-corrected chi connectivity index (χ3v) is 9.69. The van der Waals surface area contributed by atoms with Gasteiger partial charge < -0.3 is 9.22 Å². The minimum atomic E-state index is -0.0654. The van der Waals surface area contributed by atoms with E-state index in [1.54, 1.807) is 0 Å². The van der Waals surface area contributed by atoms with E-state index in [1.807, 2.05) is 0 Å². The second-order valence-electron chi connectivity index (χ2n) is 11.3. The average Bonchev–Trinajstić information content (AvgIpc) is 3.33. The highest BCUT2D eigenvalue weighted by Gasteiger charge is 2.76. The lowest BCUT2D eigenvalue weighted by Crippen LogP contribution is -2.57. The van der Waals surface area contributed by atoms with Crippen molar-refractivity contribution < 1.29 is 9.22 Å². The van der Waals surface area contributed by atoms with Crippen LogP contribution in [0.1, 0.15) is 44.7 Å². The maximum absolute atomic E-state index is 6.88. The molecule has 1 saturated carbocycles. The highest BCUT2D eigenvalue weighted by atomic mass is 16.5. The molecule has 166 valence electrons. The van der Waals surface area contributed by atoms with Gasteiger partial charge in [-0.05, 0) is 43.0 Å². The lowest BCUT2D eigenvalue weighted by atomic mass is 9.76. The number of rotatable bonds is 5. The van der Waals surface area contributed by atoms with Gasteiger partial charge in [0.05, 0.1) is 13.2 Å². The third kappa shape index (κ3) is 2.79. The van der Waals surface area contributed by atoms with Crippen LogP contribution in [-0.2, 0) is 17.9 Å². The SMILES string of the molecule is C[C@@H]1C[N@@+]2(Cc3cccc4ccccc34)C[C@@](C)(OCc3ccccc3)[C@H]3CC[C@@H]1[C@]32C. The summed E-state index contributed by atoms with van der Waals surface area (Å²) in [5.74, 6) is 2.23. The second kappa shape index (κ2) is 7.17. The van der Waals surface area contributed by atoms with E-state index in [4.69, 9.17) is 4.74 Å². The topological polar surface area (TPSA) is 9.23 Å². The fourth-order valence-corrected chi connectivity index (χ4v) is 8.49. The highest BCUT2D eigenvalue weighted by molar-refractivity contribution is 5.85. The van der Waals surface area contributed by atoms with Crippen molar-refractivity contribution in [2.45, 2.75) is 57.9 Å². The van der Waals surface area contributed by atoms with E-state index in [1.165, 1.54) is 45.8 Å². The summed E-state index contributed by atoms with van der Waals surface area (Å²) in [4.78, 5) is 0. The molecule has 2 saturated heterocycles. The predicted octanol–water partition coefficient (Wildman–Crippen LogP) is 6.58. The van der Waals surface area contributed by atoms with E-state index in [-0.39, 0.29) is 5.60 Å². The van der Waals surface area contributed by atoms with Gasteiger partial charge in [0.1, 0.15) is 24.2 Å². The van der Waals surface area contributed by atoms with Gasteiger partial charge >= 0.3 is 0 Å². The van der Waals surface area contributed by atoms with Crippen molar-refractivity contribution in [3.05, 3.63) is 83.9 Å². The number of quaternary nitrogens is 1. The highest BCUT2D eigenvalue weighted by Crippen LogP contribution is 2.65. The molecule has 0 bridgehead atoms. The summed E-state index contributed by atoms with van der Waals surface area (Å²) in [7, 11) is 0. The van der Waals surface area contributed by atoms with Crippen LogP contribution >= 0.6 is 0 Å². The zero-order valence-corrected chi connectivity index (χ0v) is 19.8. The van der Waals surface area contributed by atoms with E-state index in [2.05, 4.69) is 93.6 Å². The van der Waals surface area contributed by atoms with Crippen LogP contribution in [-0.4, -0.2) is 28.7 Å². The Hall–Kier alpha value is -2.16. The summed E-state index contributed by atoms with van der Waals surface area (Å²) in [5, 5.41) is 2.79. The van der Waals surface area contributed by atoms with Crippen LogP contribution in [0.2, 0.25) is 0 Å². The van der Waals surface area contributed by atoms with Gasteiger partial charge in [0, 0.05) is 23.3 Å². The van der Waals surface area contributed by atoms with Crippen LogP contribution < -0.4 is 0 Å². The summed E-state index contributed by atoms with van der Waals surface area (Å²) in [6, 6.07) is 26.5. The third-order valence-electron chi connectivity index (χ3n) is 9.69. The number of hydrogen-bond donors (Lipinski definition) is 0. The minimum Gasteiger partial charge on any atom is -0.364 e. The van der Waals surface area contributed by atoms with Gasteiger partial charge in [-0.2, -0.15) is 0 Å². The van der Waals surface area contributed by atoms with Crippen LogP contribution in [0.5, 0.6) is 0 Å². The first-order valence-electron chi connectivity index (χ1n) is 12.5. The normalized spacial score (nSPS) is 37.8. The number of ether oxygens (including phenoxy) is 1. The molecule has 0 unspecified atom stereocenters. The van der Waals surface area contributed by atoms with Crippen molar-refractivity contribution in [2.75, 3.05) is 13.1 Å². The smallest absolute Gasteiger partial charge is 0.123 e. The van der Waals surface area contributed by atoms with Gasteiger partial charge in [-0.25, -0.2) is 0 Å². The minimum absolute atomic E-state index is 0.0654. The molecule has 6 atom stereocenters. The maximum atomic E-state index is 6.88. The molecule has 3 aromatic rings. The Labute approximate surface area is 192 Å². The summed E-state index contributed by atoms with van der Waals surface area (Å²) in [6.45, 7) is 11.8. The Morgan fingerprint density at radius 3 is 2.50 bits per heavy atom. The molecule has 0 amide bonds. The van der Waals surface area contributed by atoms with Gasteiger partial charge in [-0.15, -0.1) is 0 Å². The number of nitrogens with zero attached hydrogens (tertiary/aromatic N) is 1. The van der Waals surface area contributed by atoms with Gasteiger partial charge in [0.2, 0.25) is 0 Å². The van der Waals surface area contributed by atoms with E-state index in [9.17, 15) is 0 Å². The molecular weight excluding hydrogens is 390 g/mol. The number of hydrogen-bond acceptors (Lipinski definition) is 1. The van der Waals surface area contributed by atoms with Crippen molar-refractivity contribution in [1.82, 2.24) is 0 Å². The van der Waals surface area contributed by atoms with E-state index >= 15 is 0 Å². The van der Waals surface area contributed by atoms with Gasteiger partial charge in [0.15, 0.2) is 0 Å². The Bertz CT molecular complexity index is 1140. The zero-order valence-electron chi connectivity index (χ0n) is 19.8. The van der Waals surface area contributed by atoms with E-state index < -0.39 is 0 Å². The Morgan fingerprint density at radius 1 is 0.906 bits per heavy atom. The van der Waals surface area contributed by atoms with Crippen LogP contribution in [0.4, 0.5) is 0 Å². The van der Waals surface area contributed by atoms with Crippen LogP contribution in [0, 0.1) is 17.8 Å². The molecule has 32 heavy (non-hydrogen) atoms. The Morgan fingerprint density at radius 2 is 1.66 bits per heavy atom. The lowest BCUT2D eigenvalue weighted by Gasteiger charge is -2.44. The molecule has 2 heteroatoms. The fraction of sp³-hybridized carbons (Fsp3) is 0.467. The van der Waals surface area contributed by atoms with Crippen LogP contribution in [0.25, 0.3) is 10.8 Å². The molecular formula is C30H36NO+. The molecule has 2 heterocycles. The van der Waals surface area contributed by atoms with Crippen molar-refractivity contribution in [3.63, 3.8) is 0 Å². The monoisotopic (exact) mass is 426 g/mol. The van der Waals surface area contributed by atoms with Gasteiger partial charge in [0.25, 0.3) is 0 Å². The van der Waals surface area contributed by atoms with Crippen molar-refractivity contribution >= 4 is 10.8 Å². The van der Waals surface area contributed by atoms with Crippen molar-refractivity contribution in [1.29, 1.82) is 0 Å². The number of benzene rings is 3. The Balaban J connectivity index is 1.39. The largest absolute Gasteiger partial charge is 0.364 e.